The average Bonchev–Trinajstić information content (AvgIpc) is 3.18. The van der Waals surface area contributed by atoms with E-state index in [1.807, 2.05) is 24.3 Å². The summed E-state index contributed by atoms with van der Waals surface area (Å²) in [6.07, 6.45) is 2.00. The standard InChI is InChI=1S/C19H22N2O3S2/c1-3-13-12-25-17(14(13)4-2)20-18(22)24-11-7-10-21-15-8-5-6-9-16(15)26-19(21)23/h5-6,8-9,12H,3-4,7,10-11H2,1-2H3,(H,20,22). The van der Waals surface area contributed by atoms with Gasteiger partial charge in [0, 0.05) is 6.54 Å². The first-order valence-electron chi connectivity index (χ1n) is 8.75. The molecule has 3 rings (SSSR count). The maximum atomic E-state index is 12.1. The first-order valence-corrected chi connectivity index (χ1v) is 10.4. The van der Waals surface area contributed by atoms with Crippen molar-refractivity contribution in [1.29, 1.82) is 0 Å². The molecule has 0 saturated heterocycles. The number of anilines is 1. The Balaban J connectivity index is 1.52. The highest BCUT2D eigenvalue weighted by Crippen LogP contribution is 2.29. The molecule has 0 aliphatic heterocycles. The van der Waals surface area contributed by atoms with E-state index in [4.69, 9.17) is 4.74 Å². The van der Waals surface area contributed by atoms with E-state index in [-0.39, 0.29) is 11.5 Å². The number of aryl methyl sites for hydroxylation is 2. The Labute approximate surface area is 160 Å². The number of thiophene rings is 1. The third-order valence-electron chi connectivity index (χ3n) is 4.26. The largest absolute Gasteiger partial charge is 0.449 e. The van der Waals surface area contributed by atoms with Crippen molar-refractivity contribution in [2.45, 2.75) is 39.7 Å². The van der Waals surface area contributed by atoms with E-state index in [1.54, 1.807) is 4.57 Å². The van der Waals surface area contributed by atoms with Crippen molar-refractivity contribution in [3.8, 4) is 0 Å². The highest BCUT2D eigenvalue weighted by atomic mass is 32.1. The molecule has 0 atom stereocenters. The van der Waals surface area contributed by atoms with E-state index < -0.39 is 6.09 Å². The van der Waals surface area contributed by atoms with Crippen LogP contribution in [0.1, 0.15) is 31.4 Å². The molecule has 2 aromatic heterocycles. The molecule has 0 fully saturated rings. The summed E-state index contributed by atoms with van der Waals surface area (Å²) in [6, 6.07) is 7.73. The van der Waals surface area contributed by atoms with Gasteiger partial charge in [0.2, 0.25) is 0 Å². The van der Waals surface area contributed by atoms with E-state index in [0.29, 0.717) is 13.0 Å². The van der Waals surface area contributed by atoms with Crippen LogP contribution in [0.2, 0.25) is 0 Å². The van der Waals surface area contributed by atoms with Crippen LogP contribution in [-0.4, -0.2) is 17.3 Å². The van der Waals surface area contributed by atoms with Gasteiger partial charge >= 0.3 is 11.0 Å². The van der Waals surface area contributed by atoms with E-state index in [9.17, 15) is 9.59 Å². The second-order valence-corrected chi connectivity index (χ2v) is 7.75. The topological polar surface area (TPSA) is 60.3 Å². The van der Waals surface area contributed by atoms with Crippen LogP contribution in [0.4, 0.5) is 9.80 Å². The van der Waals surface area contributed by atoms with Crippen molar-refractivity contribution in [2.24, 2.45) is 0 Å². The van der Waals surface area contributed by atoms with Crippen LogP contribution >= 0.6 is 22.7 Å². The predicted octanol–water partition coefficient (Wildman–Crippen LogP) is 4.89. The fraction of sp³-hybridized carbons (Fsp3) is 0.368. The molecule has 3 aromatic rings. The summed E-state index contributed by atoms with van der Waals surface area (Å²) in [4.78, 5) is 24.1. The Morgan fingerprint density at radius 1 is 1.23 bits per heavy atom. The summed E-state index contributed by atoms with van der Waals surface area (Å²) in [7, 11) is 0. The molecule has 2 heterocycles. The third kappa shape index (κ3) is 3.99. The fourth-order valence-corrected chi connectivity index (χ4v) is 5.00. The number of benzene rings is 1. The van der Waals surface area contributed by atoms with E-state index >= 15 is 0 Å². The second-order valence-electron chi connectivity index (χ2n) is 5.88. The van der Waals surface area contributed by atoms with Crippen LogP contribution in [0.5, 0.6) is 0 Å². The van der Waals surface area contributed by atoms with Crippen LogP contribution < -0.4 is 10.2 Å². The lowest BCUT2D eigenvalue weighted by Crippen LogP contribution is -2.17. The zero-order valence-corrected chi connectivity index (χ0v) is 16.5. The maximum Gasteiger partial charge on any atom is 0.412 e. The number of carbonyl (C=O) groups excluding carboxylic acids is 1. The van der Waals surface area contributed by atoms with Gasteiger partial charge in [0.25, 0.3) is 0 Å². The molecule has 0 aliphatic rings. The lowest BCUT2D eigenvalue weighted by Gasteiger charge is -2.08. The van der Waals surface area contributed by atoms with Crippen molar-refractivity contribution < 1.29 is 9.53 Å². The number of nitrogens with zero attached hydrogens (tertiary/aromatic N) is 1. The van der Waals surface area contributed by atoms with Crippen LogP contribution in [0.3, 0.4) is 0 Å². The molecule has 1 amide bonds. The quantitative estimate of drug-likeness (QED) is 0.585. The Hall–Kier alpha value is -2.12. The van der Waals surface area contributed by atoms with Gasteiger partial charge in [-0.1, -0.05) is 37.3 Å². The first kappa shape index (κ1) is 18.7. The van der Waals surface area contributed by atoms with Gasteiger partial charge in [0.1, 0.15) is 5.00 Å². The minimum atomic E-state index is -0.438. The summed E-state index contributed by atoms with van der Waals surface area (Å²) in [5.74, 6) is 0. The number of nitrogens with one attached hydrogen (secondary N) is 1. The van der Waals surface area contributed by atoms with Gasteiger partial charge in [-0.25, -0.2) is 4.79 Å². The van der Waals surface area contributed by atoms with Crippen molar-refractivity contribution >= 4 is 44.0 Å². The van der Waals surface area contributed by atoms with Gasteiger partial charge < -0.3 is 4.74 Å². The number of carbonyl (C=O) groups is 1. The number of hydrogen-bond donors (Lipinski definition) is 1. The lowest BCUT2D eigenvalue weighted by molar-refractivity contribution is 0.158. The molecule has 0 saturated carbocycles. The minimum Gasteiger partial charge on any atom is -0.449 e. The number of fused-ring (bicyclic) bond motifs is 1. The Kier molecular flexibility index (Phi) is 6.11. The molecule has 138 valence electrons. The highest BCUT2D eigenvalue weighted by molar-refractivity contribution is 7.16. The molecule has 0 bridgehead atoms. The zero-order chi connectivity index (χ0) is 18.5. The Morgan fingerprint density at radius 2 is 2.04 bits per heavy atom. The summed E-state index contributed by atoms with van der Waals surface area (Å²) in [5.41, 5.74) is 3.40. The van der Waals surface area contributed by atoms with Gasteiger partial charge in [0.15, 0.2) is 0 Å². The number of amides is 1. The average molecular weight is 391 g/mol. The fourth-order valence-electron chi connectivity index (χ4n) is 2.95. The monoisotopic (exact) mass is 390 g/mol. The summed E-state index contributed by atoms with van der Waals surface area (Å²) < 4.78 is 8.00. The van der Waals surface area contributed by atoms with Gasteiger partial charge in [-0.3, -0.25) is 14.7 Å². The van der Waals surface area contributed by atoms with Gasteiger partial charge in [-0.05, 0) is 47.9 Å². The number of para-hydroxylation sites is 1. The molecule has 5 nitrogen and oxygen atoms in total. The molecule has 1 aromatic carbocycles. The summed E-state index contributed by atoms with van der Waals surface area (Å²) in [5, 5.41) is 5.80. The molecular weight excluding hydrogens is 368 g/mol. The lowest BCUT2D eigenvalue weighted by atomic mass is 10.1. The number of hydrogen-bond acceptors (Lipinski definition) is 5. The number of thiazole rings is 1. The molecule has 0 spiro atoms. The normalized spacial score (nSPS) is 11.0. The third-order valence-corrected chi connectivity index (χ3v) is 6.21. The van der Waals surface area contributed by atoms with Crippen molar-refractivity contribution in [1.82, 2.24) is 4.57 Å². The molecule has 1 N–H and O–H groups in total. The molecule has 0 radical (unpaired) electrons. The van der Waals surface area contributed by atoms with Crippen LogP contribution in [0, 0.1) is 0 Å². The van der Waals surface area contributed by atoms with E-state index in [1.165, 1.54) is 33.8 Å². The molecule has 7 heteroatoms. The Bertz CT molecular complexity index is 955. The SMILES string of the molecule is CCc1csc(NC(=O)OCCCn2c(=O)sc3ccccc32)c1CC. The highest BCUT2D eigenvalue weighted by Gasteiger charge is 2.12. The Morgan fingerprint density at radius 3 is 2.81 bits per heavy atom. The van der Waals surface area contributed by atoms with E-state index in [0.717, 1.165) is 28.1 Å². The smallest absolute Gasteiger partial charge is 0.412 e. The van der Waals surface area contributed by atoms with Gasteiger partial charge in [-0.15, -0.1) is 11.3 Å². The van der Waals surface area contributed by atoms with Crippen LogP contribution in [-0.2, 0) is 24.1 Å². The summed E-state index contributed by atoms with van der Waals surface area (Å²) in [6.45, 7) is 5.01. The number of aromatic nitrogens is 1. The number of rotatable bonds is 7. The van der Waals surface area contributed by atoms with Gasteiger partial charge in [-0.2, -0.15) is 0 Å². The zero-order valence-electron chi connectivity index (χ0n) is 14.9. The second kappa shape index (κ2) is 8.51. The molecule has 0 unspecified atom stereocenters. The maximum absolute atomic E-state index is 12.1. The molecule has 0 aliphatic carbocycles. The predicted molar refractivity (Wildman–Crippen MR) is 109 cm³/mol. The number of ether oxygens (including phenoxy) is 1. The van der Waals surface area contributed by atoms with Crippen LogP contribution in [0.15, 0.2) is 34.4 Å². The van der Waals surface area contributed by atoms with Crippen molar-refractivity contribution in [3.63, 3.8) is 0 Å². The minimum absolute atomic E-state index is 0.0221. The molecule has 26 heavy (non-hydrogen) atoms. The van der Waals surface area contributed by atoms with E-state index in [2.05, 4.69) is 24.5 Å². The summed E-state index contributed by atoms with van der Waals surface area (Å²) >= 11 is 2.78. The van der Waals surface area contributed by atoms with Crippen molar-refractivity contribution in [3.05, 3.63) is 50.4 Å². The molecular formula is C19H22N2O3S2. The van der Waals surface area contributed by atoms with Crippen molar-refractivity contribution in [2.75, 3.05) is 11.9 Å². The van der Waals surface area contributed by atoms with Crippen LogP contribution in [0.25, 0.3) is 10.2 Å². The van der Waals surface area contributed by atoms with Gasteiger partial charge in [0.05, 0.1) is 16.8 Å². The first-order chi connectivity index (χ1) is 12.6.